The number of hydrogen-bond acceptors (Lipinski definition) is 10. The number of aliphatic hydroxyl groups excluding tert-OH is 2. The molecule has 0 saturated heterocycles. The van der Waals surface area contributed by atoms with Crippen LogP contribution in [0.2, 0.25) is 0 Å². The Hall–Kier alpha value is 1.67. The number of carbonyl (C=O) groups excluding carboxylic acids is 1. The summed E-state index contributed by atoms with van der Waals surface area (Å²) in [5.74, 6) is -4.48. The summed E-state index contributed by atoms with van der Waals surface area (Å²) in [5.41, 5.74) is 0. The minimum atomic E-state index is -5.72. The van der Waals surface area contributed by atoms with Crippen molar-refractivity contribution in [3.05, 3.63) is 11.5 Å². The van der Waals surface area contributed by atoms with Gasteiger partial charge < -0.3 is 39.3 Å². The van der Waals surface area contributed by atoms with Gasteiger partial charge in [0, 0.05) is 0 Å². The Labute approximate surface area is 188 Å². The Bertz CT molecular complexity index is 530. The van der Waals surface area contributed by atoms with Crippen molar-refractivity contribution in [1.29, 1.82) is 0 Å². The molecule has 0 aliphatic carbocycles. The van der Waals surface area contributed by atoms with Gasteiger partial charge in [-0.2, -0.15) is 0 Å². The van der Waals surface area contributed by atoms with E-state index < -0.39 is 51.9 Å². The zero-order valence-corrected chi connectivity index (χ0v) is 18.2. The first kappa shape index (κ1) is 25.9. The zero-order valence-electron chi connectivity index (χ0n) is 11.3. The van der Waals surface area contributed by atoms with Crippen molar-refractivity contribution in [2.75, 3.05) is 6.61 Å². The summed E-state index contributed by atoms with van der Waals surface area (Å²) < 4.78 is 32.7. The van der Waals surface area contributed by atoms with E-state index in [1.165, 1.54) is 0 Å². The molecule has 16 heteroatoms. The predicted molar refractivity (Wildman–Crippen MR) is 51.8 cm³/mol. The first-order valence-corrected chi connectivity index (χ1v) is 7.64. The largest absolute Gasteiger partial charge is 1.00 e. The first-order valence-electron chi connectivity index (χ1n) is 4.65. The van der Waals surface area contributed by atoms with Crippen LogP contribution in [0.15, 0.2) is 11.5 Å². The molecule has 0 saturated carbocycles. The second-order valence-electron chi connectivity index (χ2n) is 3.38. The summed E-state index contributed by atoms with van der Waals surface area (Å²) in [5, 5.41) is 29.2. The Morgan fingerprint density at radius 2 is 1.86 bits per heavy atom. The summed E-state index contributed by atoms with van der Waals surface area (Å²) >= 11 is 0. The molecule has 0 aromatic rings. The fourth-order valence-electron chi connectivity index (χ4n) is 1.14. The normalized spacial score (nSPS) is 22.0. The average molecular weight is 396 g/mol. The van der Waals surface area contributed by atoms with Gasteiger partial charge in [0.15, 0.2) is 0 Å². The van der Waals surface area contributed by atoms with Gasteiger partial charge >= 0.3 is 103 Å². The molecule has 4 N–H and O–H groups in total. The molecule has 1 aliphatic rings. The van der Waals surface area contributed by atoms with Crippen molar-refractivity contribution in [2.45, 2.75) is 12.2 Å². The van der Waals surface area contributed by atoms with Crippen molar-refractivity contribution in [3.63, 3.8) is 0 Å². The monoisotopic (exact) mass is 396 g/mol. The number of hydrogen-bond donors (Lipinski definition) is 4. The van der Waals surface area contributed by atoms with Crippen LogP contribution in [0.5, 0.6) is 0 Å². The van der Waals surface area contributed by atoms with E-state index >= 15 is 0 Å². The van der Waals surface area contributed by atoms with Gasteiger partial charge in [0.1, 0.15) is 12.2 Å². The maximum atomic E-state index is 11.5. The van der Waals surface area contributed by atoms with Gasteiger partial charge in [-0.05, 0) is 5.76 Å². The molecule has 1 heterocycles. The molecule has 0 aromatic carbocycles. The van der Waals surface area contributed by atoms with E-state index in [4.69, 9.17) is 20.0 Å². The third-order valence-electron chi connectivity index (χ3n) is 1.85. The van der Waals surface area contributed by atoms with Gasteiger partial charge in [0.2, 0.25) is 5.76 Å². The van der Waals surface area contributed by atoms with Crippen LogP contribution in [0.3, 0.4) is 0 Å². The molecule has 0 aromatic heterocycles. The van der Waals surface area contributed by atoms with E-state index in [2.05, 4.69) is 13.6 Å². The first-order chi connectivity index (χ1) is 8.97. The van der Waals surface area contributed by atoms with Crippen molar-refractivity contribution < 1.29 is 138 Å². The molecule has 12 nitrogen and oxygen atoms in total. The summed E-state index contributed by atoms with van der Waals surface area (Å²) in [7, 11) is -11.2. The molecule has 1 unspecified atom stereocenters. The number of phosphoric acid groups is 2. The Morgan fingerprint density at radius 1 is 1.36 bits per heavy atom. The second-order valence-corrected chi connectivity index (χ2v) is 6.09. The number of cyclic esters (lactones) is 1. The van der Waals surface area contributed by atoms with E-state index in [0.717, 1.165) is 0 Å². The molecule has 22 heavy (non-hydrogen) atoms. The number of rotatable bonds is 6. The van der Waals surface area contributed by atoms with Crippen molar-refractivity contribution in [2.24, 2.45) is 0 Å². The second kappa shape index (κ2) is 9.97. The maximum Gasteiger partial charge on any atom is 1.00 e. The Balaban J connectivity index is 0. The molecule has 0 radical (unpaired) electrons. The molecular formula is C6H8KNaO12P2. The summed E-state index contributed by atoms with van der Waals surface area (Å²) in [4.78, 5) is 38.8. The van der Waals surface area contributed by atoms with Crippen LogP contribution in [0.25, 0.3) is 0 Å². The maximum absolute atomic E-state index is 11.5. The van der Waals surface area contributed by atoms with Gasteiger partial charge in [0.25, 0.3) is 0 Å². The van der Waals surface area contributed by atoms with Crippen molar-refractivity contribution >= 4 is 21.6 Å². The smallest absolute Gasteiger partial charge is 0.870 e. The van der Waals surface area contributed by atoms with Crippen LogP contribution in [-0.2, 0) is 27.5 Å². The molecule has 0 amide bonds. The topological polar surface area (TPSA) is 206 Å². The molecule has 0 bridgehead atoms. The Kier molecular flexibility index (Phi) is 11.7. The van der Waals surface area contributed by atoms with E-state index in [1.807, 2.05) is 0 Å². The van der Waals surface area contributed by atoms with Gasteiger partial charge in [-0.3, -0.25) is 4.57 Å². The van der Waals surface area contributed by atoms with E-state index in [0.29, 0.717) is 0 Å². The van der Waals surface area contributed by atoms with Crippen LogP contribution < -0.4 is 90.9 Å². The molecule has 116 valence electrons. The Morgan fingerprint density at radius 3 is 2.27 bits per heavy atom. The van der Waals surface area contributed by atoms with E-state index in [9.17, 15) is 23.9 Å². The molecule has 0 spiro atoms. The minimum absolute atomic E-state index is 0. The van der Waals surface area contributed by atoms with Crippen LogP contribution in [0, 0.1) is 0 Å². The van der Waals surface area contributed by atoms with Gasteiger partial charge in [0.05, 0.1) is 6.61 Å². The van der Waals surface area contributed by atoms with Crippen LogP contribution in [-0.4, -0.2) is 44.8 Å². The molecule has 0 fully saturated rings. The number of ether oxygens (including phenoxy) is 1. The molecule has 3 atom stereocenters. The predicted octanol–water partition coefficient (Wildman–Crippen LogP) is -9.56. The van der Waals surface area contributed by atoms with Crippen molar-refractivity contribution in [3.8, 4) is 0 Å². The van der Waals surface area contributed by atoms with Gasteiger partial charge in [-0.25, -0.2) is 13.7 Å². The van der Waals surface area contributed by atoms with Crippen LogP contribution in [0.4, 0.5) is 0 Å². The summed E-state index contributed by atoms with van der Waals surface area (Å²) in [6.07, 6.45) is -3.71. The van der Waals surface area contributed by atoms with Crippen molar-refractivity contribution in [1.82, 2.24) is 0 Å². The number of aliphatic hydroxyl groups is 2. The number of esters is 1. The van der Waals surface area contributed by atoms with E-state index in [1.54, 1.807) is 0 Å². The van der Waals surface area contributed by atoms with E-state index in [-0.39, 0.29) is 80.9 Å². The molecule has 1 rings (SSSR count). The number of phosphoric ester groups is 1. The third kappa shape index (κ3) is 7.70. The van der Waals surface area contributed by atoms with Gasteiger partial charge in [-0.15, -0.1) is 0 Å². The summed E-state index contributed by atoms with van der Waals surface area (Å²) in [6.45, 7) is -0.967. The van der Waals surface area contributed by atoms with Gasteiger partial charge in [-0.1, -0.05) is 0 Å². The summed E-state index contributed by atoms with van der Waals surface area (Å²) in [6, 6.07) is 0. The fourth-order valence-corrected chi connectivity index (χ4v) is 2.71. The third-order valence-corrected chi connectivity index (χ3v) is 3.90. The van der Waals surface area contributed by atoms with Crippen LogP contribution >= 0.6 is 15.6 Å². The number of carbonyl (C=O) groups is 1. The minimum Gasteiger partial charge on any atom is -0.870 e. The SMILES string of the molecule is O=C1O[C@H]([C@@H](O)CO)C([O-])=C1OP(=O)([O-])OP(=O)(O)O.[K+].[Na+]. The molecular weight excluding hydrogens is 388 g/mol. The van der Waals surface area contributed by atoms with Crippen LogP contribution in [0.1, 0.15) is 0 Å². The molecule has 1 aliphatic heterocycles. The fraction of sp³-hybridized carbons (Fsp3) is 0.500. The zero-order chi connectivity index (χ0) is 15.7. The standard InChI is InChI=1S/C6H10O12P2.K.Na/c7-1-2(8)4-3(9)5(6(10)16-4)17-20(14,15)18-19(11,12)13;;/h2,4,7-9H,1H2,(H,14,15)(H2,11,12,13);;/q;2*+1/p-2/t2-,4+;;/m0../s1. The quantitative estimate of drug-likeness (QED) is 0.188. The average Bonchev–Trinajstić information content (AvgIpc) is 2.52.